The molecule has 0 aromatic rings. The molecule has 4 heteroatoms. The summed E-state index contributed by atoms with van der Waals surface area (Å²) in [4.78, 5) is 28.0. The molecule has 2 amide bonds. The lowest BCUT2D eigenvalue weighted by molar-refractivity contribution is -0.135. The van der Waals surface area contributed by atoms with Gasteiger partial charge >= 0.3 is 0 Å². The van der Waals surface area contributed by atoms with Crippen LogP contribution in [0.4, 0.5) is 0 Å². The fourth-order valence-corrected chi connectivity index (χ4v) is 3.92. The molecule has 3 unspecified atom stereocenters. The van der Waals surface area contributed by atoms with Crippen LogP contribution >= 0.6 is 0 Å². The van der Waals surface area contributed by atoms with Crippen molar-refractivity contribution in [1.82, 2.24) is 9.80 Å². The molecule has 3 rings (SSSR count). The molecule has 0 radical (unpaired) electrons. The van der Waals surface area contributed by atoms with E-state index < -0.39 is 0 Å². The van der Waals surface area contributed by atoms with Gasteiger partial charge in [0.25, 0.3) is 0 Å². The van der Waals surface area contributed by atoms with Crippen molar-refractivity contribution in [2.75, 3.05) is 26.2 Å². The second-order valence-electron chi connectivity index (χ2n) is 6.03. The summed E-state index contributed by atoms with van der Waals surface area (Å²) in [5, 5.41) is 0. The van der Waals surface area contributed by atoms with Crippen molar-refractivity contribution < 1.29 is 9.59 Å². The number of fused-ring (bicyclic) bond motifs is 1. The van der Waals surface area contributed by atoms with Crippen LogP contribution in [0.3, 0.4) is 0 Å². The lowest BCUT2D eigenvalue weighted by atomic mass is 10.0. The Morgan fingerprint density at radius 1 is 1.22 bits per heavy atom. The molecule has 0 N–H and O–H groups in total. The summed E-state index contributed by atoms with van der Waals surface area (Å²) in [6, 6.07) is 0. The van der Waals surface area contributed by atoms with E-state index in [1.54, 1.807) is 4.90 Å². The molecule has 18 heavy (non-hydrogen) atoms. The van der Waals surface area contributed by atoms with Crippen LogP contribution in [0.15, 0.2) is 0 Å². The van der Waals surface area contributed by atoms with Gasteiger partial charge in [-0.3, -0.25) is 9.59 Å². The molecule has 0 bridgehead atoms. The van der Waals surface area contributed by atoms with Crippen LogP contribution in [0.2, 0.25) is 0 Å². The first-order chi connectivity index (χ1) is 8.69. The van der Waals surface area contributed by atoms with Gasteiger partial charge < -0.3 is 9.80 Å². The first-order valence-corrected chi connectivity index (χ1v) is 7.25. The van der Waals surface area contributed by atoms with Crippen LogP contribution in [0.5, 0.6) is 0 Å². The number of likely N-dealkylation sites (tertiary alicyclic amines) is 2. The molecule has 1 saturated carbocycles. The van der Waals surface area contributed by atoms with Crippen molar-refractivity contribution in [2.45, 2.75) is 32.6 Å². The summed E-state index contributed by atoms with van der Waals surface area (Å²) in [7, 11) is 0. The number of carbonyl (C=O) groups excluding carboxylic acids is 2. The number of carbonyl (C=O) groups is 2. The minimum Gasteiger partial charge on any atom is -0.342 e. The maximum absolute atomic E-state index is 12.4. The number of amides is 2. The van der Waals surface area contributed by atoms with Crippen molar-refractivity contribution in [3.05, 3.63) is 0 Å². The van der Waals surface area contributed by atoms with Gasteiger partial charge in [-0.05, 0) is 31.6 Å². The summed E-state index contributed by atoms with van der Waals surface area (Å²) >= 11 is 0. The van der Waals surface area contributed by atoms with Gasteiger partial charge in [-0.25, -0.2) is 0 Å². The lowest BCUT2D eigenvalue weighted by Crippen LogP contribution is -2.36. The Labute approximate surface area is 108 Å². The average Bonchev–Trinajstić information content (AvgIpc) is 3.00. The predicted molar refractivity (Wildman–Crippen MR) is 67.8 cm³/mol. The highest BCUT2D eigenvalue weighted by Gasteiger charge is 2.42. The van der Waals surface area contributed by atoms with Gasteiger partial charge in [-0.2, -0.15) is 0 Å². The highest BCUT2D eigenvalue weighted by molar-refractivity contribution is 5.89. The first-order valence-electron chi connectivity index (χ1n) is 7.25. The molecule has 3 aliphatic rings. The van der Waals surface area contributed by atoms with Gasteiger partial charge in [0.2, 0.25) is 11.8 Å². The van der Waals surface area contributed by atoms with Gasteiger partial charge in [0.15, 0.2) is 0 Å². The maximum atomic E-state index is 12.4. The van der Waals surface area contributed by atoms with Gasteiger partial charge in [0, 0.05) is 32.6 Å². The summed E-state index contributed by atoms with van der Waals surface area (Å²) < 4.78 is 0. The average molecular weight is 250 g/mol. The molecule has 100 valence electrons. The molecular weight excluding hydrogens is 228 g/mol. The second kappa shape index (κ2) is 4.56. The van der Waals surface area contributed by atoms with Crippen molar-refractivity contribution in [3.63, 3.8) is 0 Å². The number of hydrogen-bond donors (Lipinski definition) is 0. The molecule has 1 aliphatic carbocycles. The molecule has 3 atom stereocenters. The summed E-state index contributed by atoms with van der Waals surface area (Å²) in [5.41, 5.74) is 0. The zero-order valence-electron chi connectivity index (χ0n) is 11.1. The van der Waals surface area contributed by atoms with E-state index in [4.69, 9.17) is 0 Å². The van der Waals surface area contributed by atoms with Crippen LogP contribution < -0.4 is 0 Å². The first kappa shape index (κ1) is 12.0. The van der Waals surface area contributed by atoms with Crippen molar-refractivity contribution in [3.8, 4) is 0 Å². The van der Waals surface area contributed by atoms with Gasteiger partial charge in [0.05, 0.1) is 5.92 Å². The minimum absolute atomic E-state index is 0.0729. The Bertz CT molecular complexity index is 357. The topological polar surface area (TPSA) is 40.6 Å². The maximum Gasteiger partial charge on any atom is 0.228 e. The van der Waals surface area contributed by atoms with E-state index in [1.165, 1.54) is 19.3 Å². The molecular formula is C14H22N2O2. The van der Waals surface area contributed by atoms with Crippen LogP contribution in [-0.4, -0.2) is 47.8 Å². The summed E-state index contributed by atoms with van der Waals surface area (Å²) in [6.45, 7) is 5.24. The fraction of sp³-hybridized carbons (Fsp3) is 0.857. The third-order valence-corrected chi connectivity index (χ3v) is 4.98. The van der Waals surface area contributed by atoms with Crippen LogP contribution in [0.25, 0.3) is 0 Å². The van der Waals surface area contributed by atoms with E-state index in [0.717, 1.165) is 31.5 Å². The predicted octanol–water partition coefficient (Wildman–Crippen LogP) is 1.11. The molecule has 2 heterocycles. The van der Waals surface area contributed by atoms with E-state index in [0.29, 0.717) is 13.0 Å². The van der Waals surface area contributed by atoms with E-state index in [9.17, 15) is 9.59 Å². The standard InChI is InChI=1S/C14H22N2O2/c1-2-15-9-12(6-13(15)17)14(18)16-7-10-4-3-5-11(10)8-16/h10-12H,2-9H2,1H3. The third kappa shape index (κ3) is 1.91. The molecule has 0 spiro atoms. The molecule has 0 aromatic heterocycles. The molecule has 0 aromatic carbocycles. The lowest BCUT2D eigenvalue weighted by Gasteiger charge is -2.21. The summed E-state index contributed by atoms with van der Waals surface area (Å²) in [6.07, 6.45) is 4.35. The van der Waals surface area contributed by atoms with Crippen LogP contribution in [0, 0.1) is 17.8 Å². The van der Waals surface area contributed by atoms with Crippen molar-refractivity contribution in [2.24, 2.45) is 17.8 Å². The Kier molecular flexibility index (Phi) is 3.04. The monoisotopic (exact) mass is 250 g/mol. The normalized spacial score (nSPS) is 35.4. The highest BCUT2D eigenvalue weighted by Crippen LogP contribution is 2.38. The van der Waals surface area contributed by atoms with Crippen molar-refractivity contribution >= 4 is 11.8 Å². The summed E-state index contributed by atoms with van der Waals surface area (Å²) in [5.74, 6) is 1.79. The number of rotatable bonds is 2. The number of nitrogens with zero attached hydrogens (tertiary/aromatic N) is 2. The number of hydrogen-bond acceptors (Lipinski definition) is 2. The van der Waals surface area contributed by atoms with Gasteiger partial charge in [-0.1, -0.05) is 6.42 Å². The van der Waals surface area contributed by atoms with Gasteiger partial charge in [0.1, 0.15) is 0 Å². The molecule has 2 saturated heterocycles. The molecule has 3 fully saturated rings. The van der Waals surface area contributed by atoms with E-state index >= 15 is 0 Å². The quantitative estimate of drug-likeness (QED) is 0.736. The Morgan fingerprint density at radius 3 is 2.44 bits per heavy atom. The second-order valence-corrected chi connectivity index (χ2v) is 6.03. The van der Waals surface area contributed by atoms with Gasteiger partial charge in [-0.15, -0.1) is 0 Å². The highest BCUT2D eigenvalue weighted by atomic mass is 16.2. The Hall–Kier alpha value is -1.06. The molecule has 4 nitrogen and oxygen atoms in total. The molecule has 2 aliphatic heterocycles. The fourth-order valence-electron chi connectivity index (χ4n) is 3.92. The third-order valence-electron chi connectivity index (χ3n) is 4.98. The van der Waals surface area contributed by atoms with E-state index in [2.05, 4.69) is 0 Å². The SMILES string of the molecule is CCN1CC(C(=O)N2CC3CCCC3C2)CC1=O. The Morgan fingerprint density at radius 2 is 1.89 bits per heavy atom. The minimum atomic E-state index is -0.0729. The largest absolute Gasteiger partial charge is 0.342 e. The van der Waals surface area contributed by atoms with Crippen LogP contribution in [0.1, 0.15) is 32.6 Å². The van der Waals surface area contributed by atoms with E-state index in [-0.39, 0.29) is 17.7 Å². The zero-order valence-corrected chi connectivity index (χ0v) is 11.1. The van der Waals surface area contributed by atoms with Crippen molar-refractivity contribution in [1.29, 1.82) is 0 Å². The smallest absolute Gasteiger partial charge is 0.228 e. The van der Waals surface area contributed by atoms with Crippen LogP contribution in [-0.2, 0) is 9.59 Å². The Balaban J connectivity index is 1.61. The van der Waals surface area contributed by atoms with E-state index in [1.807, 2.05) is 11.8 Å². The zero-order chi connectivity index (χ0) is 12.7.